The Balaban J connectivity index is 1.51. The SMILES string of the molecule is Cc1ccc2c(n1)oc1c(-c3ccc4oc(-c5ccc(F)cc5)cc4n3)cccc12. The summed E-state index contributed by atoms with van der Waals surface area (Å²) in [6.07, 6.45) is 0. The molecule has 0 saturated carbocycles. The van der Waals surface area contributed by atoms with Gasteiger partial charge in [0.25, 0.3) is 0 Å². The standard InChI is InChI=1S/C25H15FN2O2/c1-14-5-10-18-17-3-2-4-19(24(17)30-25(18)27-14)20-11-12-22-21(28-20)13-23(29-22)15-6-8-16(26)9-7-15/h2-13H,1H3. The van der Waals surface area contributed by atoms with Crippen molar-refractivity contribution in [2.75, 3.05) is 0 Å². The minimum Gasteiger partial charge on any atom is -0.454 e. The Labute approximate surface area is 170 Å². The minimum atomic E-state index is -0.279. The first kappa shape index (κ1) is 16.9. The van der Waals surface area contributed by atoms with E-state index in [9.17, 15) is 4.39 Å². The van der Waals surface area contributed by atoms with Crippen LogP contribution in [0.2, 0.25) is 0 Å². The summed E-state index contributed by atoms with van der Waals surface area (Å²) >= 11 is 0. The van der Waals surface area contributed by atoms with Gasteiger partial charge < -0.3 is 8.83 Å². The van der Waals surface area contributed by atoms with Crippen molar-refractivity contribution >= 4 is 33.2 Å². The molecule has 0 atom stereocenters. The average molecular weight is 394 g/mol. The lowest BCUT2D eigenvalue weighted by molar-refractivity contribution is 0.623. The number of nitrogens with zero attached hydrogens (tertiary/aromatic N) is 2. The molecule has 5 heteroatoms. The van der Waals surface area contributed by atoms with Gasteiger partial charge in [0.2, 0.25) is 5.71 Å². The van der Waals surface area contributed by atoms with E-state index in [2.05, 4.69) is 4.98 Å². The van der Waals surface area contributed by atoms with E-state index in [-0.39, 0.29) is 5.82 Å². The van der Waals surface area contributed by atoms with Crippen molar-refractivity contribution in [1.29, 1.82) is 0 Å². The Morgan fingerprint density at radius 3 is 2.53 bits per heavy atom. The number of aryl methyl sites for hydroxylation is 1. The fourth-order valence-corrected chi connectivity index (χ4v) is 3.80. The Morgan fingerprint density at radius 2 is 1.67 bits per heavy atom. The third kappa shape index (κ3) is 2.59. The Morgan fingerprint density at radius 1 is 0.800 bits per heavy atom. The van der Waals surface area contributed by atoms with Crippen molar-refractivity contribution in [1.82, 2.24) is 9.97 Å². The van der Waals surface area contributed by atoms with Crippen molar-refractivity contribution in [3.8, 4) is 22.6 Å². The summed E-state index contributed by atoms with van der Waals surface area (Å²) in [7, 11) is 0. The Hall–Kier alpha value is -3.99. The molecule has 0 spiro atoms. The zero-order valence-corrected chi connectivity index (χ0v) is 16.0. The lowest BCUT2D eigenvalue weighted by Gasteiger charge is -2.01. The molecule has 2 aromatic carbocycles. The molecule has 0 aliphatic heterocycles. The smallest absolute Gasteiger partial charge is 0.227 e. The van der Waals surface area contributed by atoms with Crippen molar-refractivity contribution in [3.63, 3.8) is 0 Å². The number of benzene rings is 2. The lowest BCUT2D eigenvalue weighted by Crippen LogP contribution is -1.83. The largest absolute Gasteiger partial charge is 0.454 e. The van der Waals surface area contributed by atoms with Crippen molar-refractivity contribution in [2.24, 2.45) is 0 Å². The fourth-order valence-electron chi connectivity index (χ4n) is 3.80. The average Bonchev–Trinajstić information content (AvgIpc) is 3.34. The first-order valence-electron chi connectivity index (χ1n) is 9.61. The number of halogens is 1. The molecule has 4 aromatic heterocycles. The molecule has 0 N–H and O–H groups in total. The van der Waals surface area contributed by atoms with Crippen LogP contribution in [-0.4, -0.2) is 9.97 Å². The van der Waals surface area contributed by atoms with E-state index in [1.165, 1.54) is 12.1 Å². The van der Waals surface area contributed by atoms with Gasteiger partial charge in [-0.2, -0.15) is 0 Å². The van der Waals surface area contributed by atoms with E-state index in [0.29, 0.717) is 17.1 Å². The Kier molecular flexibility index (Phi) is 3.53. The molecule has 4 heterocycles. The fraction of sp³-hybridized carbons (Fsp3) is 0.0400. The van der Waals surface area contributed by atoms with Crippen LogP contribution < -0.4 is 0 Å². The molecule has 0 fully saturated rings. The van der Waals surface area contributed by atoms with Gasteiger partial charge in [-0.3, -0.25) is 0 Å². The third-order valence-electron chi connectivity index (χ3n) is 5.28. The molecular weight excluding hydrogens is 379 g/mol. The summed E-state index contributed by atoms with van der Waals surface area (Å²) in [4.78, 5) is 9.31. The van der Waals surface area contributed by atoms with Crippen LogP contribution >= 0.6 is 0 Å². The van der Waals surface area contributed by atoms with Crippen LogP contribution in [0.4, 0.5) is 4.39 Å². The summed E-state index contributed by atoms with van der Waals surface area (Å²) in [6, 6.07) is 21.9. The van der Waals surface area contributed by atoms with Crippen LogP contribution in [0.5, 0.6) is 0 Å². The molecule has 6 rings (SSSR count). The van der Waals surface area contributed by atoms with E-state index >= 15 is 0 Å². The van der Waals surface area contributed by atoms with Gasteiger partial charge in [-0.05, 0) is 61.5 Å². The molecule has 4 nitrogen and oxygen atoms in total. The number of hydrogen-bond acceptors (Lipinski definition) is 4. The van der Waals surface area contributed by atoms with Crippen LogP contribution in [0, 0.1) is 12.7 Å². The molecule has 30 heavy (non-hydrogen) atoms. The van der Waals surface area contributed by atoms with Crippen molar-refractivity contribution in [3.05, 3.63) is 84.3 Å². The summed E-state index contributed by atoms with van der Waals surface area (Å²) < 4.78 is 25.2. The summed E-state index contributed by atoms with van der Waals surface area (Å²) in [5, 5.41) is 2.00. The quantitative estimate of drug-likeness (QED) is 0.320. The van der Waals surface area contributed by atoms with E-state index in [1.54, 1.807) is 12.1 Å². The monoisotopic (exact) mass is 394 g/mol. The maximum Gasteiger partial charge on any atom is 0.227 e. The molecule has 0 radical (unpaired) electrons. The highest BCUT2D eigenvalue weighted by Gasteiger charge is 2.15. The highest BCUT2D eigenvalue weighted by Crippen LogP contribution is 2.36. The first-order chi connectivity index (χ1) is 14.7. The predicted molar refractivity (Wildman–Crippen MR) is 115 cm³/mol. The predicted octanol–water partition coefficient (Wildman–Crippen LogP) is 6.90. The van der Waals surface area contributed by atoms with E-state index in [0.717, 1.165) is 44.4 Å². The summed E-state index contributed by atoms with van der Waals surface area (Å²) in [6.45, 7) is 1.95. The second kappa shape index (κ2) is 6.26. The zero-order chi connectivity index (χ0) is 20.2. The number of hydrogen-bond donors (Lipinski definition) is 0. The van der Waals surface area contributed by atoms with Crippen LogP contribution in [-0.2, 0) is 0 Å². The molecule has 6 aromatic rings. The molecule has 0 aliphatic carbocycles. The highest BCUT2D eigenvalue weighted by molar-refractivity contribution is 6.08. The highest BCUT2D eigenvalue weighted by atomic mass is 19.1. The number of fused-ring (bicyclic) bond motifs is 4. The topological polar surface area (TPSA) is 52.1 Å². The molecule has 0 saturated heterocycles. The van der Waals surface area contributed by atoms with Crippen molar-refractivity contribution < 1.29 is 13.2 Å². The van der Waals surface area contributed by atoms with Gasteiger partial charge in [-0.1, -0.05) is 12.1 Å². The second-order valence-electron chi connectivity index (χ2n) is 7.29. The van der Waals surface area contributed by atoms with Gasteiger partial charge in [0.05, 0.1) is 5.69 Å². The first-order valence-corrected chi connectivity index (χ1v) is 9.61. The van der Waals surface area contributed by atoms with Crippen molar-refractivity contribution in [2.45, 2.75) is 6.92 Å². The number of para-hydroxylation sites is 1. The third-order valence-corrected chi connectivity index (χ3v) is 5.28. The van der Waals surface area contributed by atoms with Crippen LogP contribution in [0.3, 0.4) is 0 Å². The van der Waals surface area contributed by atoms with Crippen LogP contribution in [0.25, 0.3) is 55.7 Å². The molecule has 0 unspecified atom stereocenters. The van der Waals surface area contributed by atoms with E-state index < -0.39 is 0 Å². The second-order valence-corrected chi connectivity index (χ2v) is 7.29. The number of pyridine rings is 2. The molecule has 0 bridgehead atoms. The van der Waals surface area contributed by atoms with Gasteiger partial charge >= 0.3 is 0 Å². The molecular formula is C25H15FN2O2. The Bertz CT molecular complexity index is 1560. The van der Waals surface area contributed by atoms with Gasteiger partial charge in [0.15, 0.2) is 5.58 Å². The van der Waals surface area contributed by atoms with Gasteiger partial charge in [-0.25, -0.2) is 14.4 Å². The van der Waals surface area contributed by atoms with E-state index in [1.807, 2.05) is 55.5 Å². The number of rotatable bonds is 2. The molecule has 0 aliphatic rings. The molecule has 0 amide bonds. The van der Waals surface area contributed by atoms with Gasteiger partial charge in [-0.15, -0.1) is 0 Å². The van der Waals surface area contributed by atoms with Gasteiger partial charge in [0, 0.05) is 33.7 Å². The minimum absolute atomic E-state index is 0.279. The zero-order valence-electron chi connectivity index (χ0n) is 16.0. The van der Waals surface area contributed by atoms with Crippen LogP contribution in [0.15, 0.2) is 81.6 Å². The summed E-state index contributed by atoms with van der Waals surface area (Å²) in [5.74, 6) is 0.371. The molecule has 144 valence electrons. The maximum absolute atomic E-state index is 13.2. The maximum atomic E-state index is 13.2. The number of aromatic nitrogens is 2. The lowest BCUT2D eigenvalue weighted by atomic mass is 10.1. The van der Waals surface area contributed by atoms with Gasteiger partial charge in [0.1, 0.15) is 22.7 Å². The number of furan rings is 2. The van der Waals surface area contributed by atoms with E-state index in [4.69, 9.17) is 13.8 Å². The summed E-state index contributed by atoms with van der Waals surface area (Å²) in [5.41, 5.74) is 6.19. The normalized spacial score (nSPS) is 11.7. The van der Waals surface area contributed by atoms with Crippen LogP contribution in [0.1, 0.15) is 5.69 Å².